The fourth-order valence-electron chi connectivity index (χ4n) is 3.67. The van der Waals surface area contributed by atoms with Crippen molar-refractivity contribution in [3.8, 4) is 0 Å². The number of hydrogen-bond donors (Lipinski definition) is 2. The van der Waals surface area contributed by atoms with Crippen LogP contribution < -0.4 is 10.6 Å². The van der Waals surface area contributed by atoms with Crippen molar-refractivity contribution in [2.75, 3.05) is 13.1 Å². The number of rotatable bonds is 7. The van der Waals surface area contributed by atoms with E-state index in [0.717, 1.165) is 68.0 Å². The second-order valence-corrected chi connectivity index (χ2v) is 7.27. The van der Waals surface area contributed by atoms with E-state index in [1.165, 1.54) is 19.3 Å². The summed E-state index contributed by atoms with van der Waals surface area (Å²) in [6, 6.07) is 5.87. The summed E-state index contributed by atoms with van der Waals surface area (Å²) in [5.41, 5.74) is 0.836. The molecule has 0 bridgehead atoms. The van der Waals surface area contributed by atoms with Crippen molar-refractivity contribution in [3.05, 3.63) is 41.9 Å². The second kappa shape index (κ2) is 9.49. The fraction of sp³-hybridized carbons (Fsp3) is 0.550. The fourth-order valence-corrected chi connectivity index (χ4v) is 3.67. The van der Waals surface area contributed by atoms with Crippen LogP contribution in [0.5, 0.6) is 0 Å². The number of aromatic nitrogens is 6. The third-order valence-corrected chi connectivity index (χ3v) is 5.16. The van der Waals surface area contributed by atoms with Crippen LogP contribution in [0.2, 0.25) is 0 Å². The molecule has 0 saturated carbocycles. The lowest BCUT2D eigenvalue weighted by molar-refractivity contribution is 0.594. The third-order valence-electron chi connectivity index (χ3n) is 5.16. The Labute approximate surface area is 170 Å². The zero-order chi connectivity index (χ0) is 19.9. The standard InChI is InChI=1S/C20H29N9/c1-2-21-20(23-15-19-27-26-17-10-5-7-14-29(17)19)22-12-8-11-18-25-24-16-9-4-3-6-13-28(16)18/h5,7,10,14H,2-4,6,8-9,11-13,15H2,1H3,(H2,21,22,23). The number of fused-ring (bicyclic) bond motifs is 2. The summed E-state index contributed by atoms with van der Waals surface area (Å²) in [7, 11) is 0. The molecule has 3 aromatic heterocycles. The molecule has 0 radical (unpaired) electrons. The molecule has 0 spiro atoms. The zero-order valence-corrected chi connectivity index (χ0v) is 17.0. The van der Waals surface area contributed by atoms with Crippen molar-refractivity contribution in [1.82, 2.24) is 40.0 Å². The molecule has 9 nitrogen and oxygen atoms in total. The van der Waals surface area contributed by atoms with Crippen molar-refractivity contribution in [2.45, 2.75) is 58.5 Å². The minimum Gasteiger partial charge on any atom is -0.357 e. The van der Waals surface area contributed by atoms with Gasteiger partial charge in [0, 0.05) is 38.7 Å². The van der Waals surface area contributed by atoms with E-state index in [1.54, 1.807) is 0 Å². The molecule has 3 aromatic rings. The van der Waals surface area contributed by atoms with E-state index in [2.05, 4.69) is 47.5 Å². The first kappa shape index (κ1) is 19.4. The molecule has 0 amide bonds. The SMILES string of the molecule is CCNC(=NCc1nnc2ccccn12)NCCCc1nnc2n1CCCCC2. The predicted molar refractivity (Wildman–Crippen MR) is 112 cm³/mol. The number of nitrogens with one attached hydrogen (secondary N) is 2. The first-order chi connectivity index (χ1) is 14.3. The Morgan fingerprint density at radius 3 is 2.93 bits per heavy atom. The van der Waals surface area contributed by atoms with Crippen LogP contribution in [0.1, 0.15) is 50.1 Å². The maximum atomic E-state index is 4.66. The molecule has 0 atom stereocenters. The minimum absolute atomic E-state index is 0.470. The van der Waals surface area contributed by atoms with Crippen LogP contribution in [0.25, 0.3) is 5.65 Å². The Balaban J connectivity index is 1.31. The second-order valence-electron chi connectivity index (χ2n) is 7.27. The topological polar surface area (TPSA) is 97.3 Å². The smallest absolute Gasteiger partial charge is 0.191 e. The molecule has 29 heavy (non-hydrogen) atoms. The van der Waals surface area contributed by atoms with E-state index in [4.69, 9.17) is 0 Å². The molecule has 0 fully saturated rings. The zero-order valence-electron chi connectivity index (χ0n) is 17.0. The first-order valence-corrected chi connectivity index (χ1v) is 10.6. The van der Waals surface area contributed by atoms with Gasteiger partial charge in [0.2, 0.25) is 0 Å². The van der Waals surface area contributed by atoms with Crippen LogP contribution in [0.4, 0.5) is 0 Å². The minimum atomic E-state index is 0.470. The number of hydrogen-bond acceptors (Lipinski definition) is 5. The van der Waals surface area contributed by atoms with Gasteiger partial charge in [-0.1, -0.05) is 12.5 Å². The van der Waals surface area contributed by atoms with Gasteiger partial charge in [0.05, 0.1) is 0 Å². The molecule has 1 aliphatic heterocycles. The maximum absolute atomic E-state index is 4.66. The van der Waals surface area contributed by atoms with Gasteiger partial charge in [-0.15, -0.1) is 20.4 Å². The number of pyridine rings is 1. The van der Waals surface area contributed by atoms with E-state index >= 15 is 0 Å². The van der Waals surface area contributed by atoms with E-state index < -0.39 is 0 Å². The normalized spacial score (nSPS) is 14.6. The summed E-state index contributed by atoms with van der Waals surface area (Å²) in [5, 5.41) is 23.9. The lowest BCUT2D eigenvalue weighted by Crippen LogP contribution is -2.38. The Hall–Kier alpha value is -2.97. The number of guanidine groups is 1. The van der Waals surface area contributed by atoms with E-state index in [0.29, 0.717) is 6.54 Å². The highest BCUT2D eigenvalue weighted by atomic mass is 15.3. The van der Waals surface area contributed by atoms with Gasteiger partial charge < -0.3 is 15.2 Å². The predicted octanol–water partition coefficient (Wildman–Crippen LogP) is 1.74. The highest BCUT2D eigenvalue weighted by Crippen LogP contribution is 2.15. The molecule has 0 aliphatic carbocycles. The average molecular weight is 396 g/mol. The van der Waals surface area contributed by atoms with Crippen LogP contribution in [0.15, 0.2) is 29.4 Å². The summed E-state index contributed by atoms with van der Waals surface area (Å²) >= 11 is 0. The monoisotopic (exact) mass is 395 g/mol. The molecule has 0 saturated heterocycles. The van der Waals surface area contributed by atoms with Crippen molar-refractivity contribution < 1.29 is 0 Å². The van der Waals surface area contributed by atoms with Crippen molar-refractivity contribution >= 4 is 11.6 Å². The molecule has 4 heterocycles. The quantitative estimate of drug-likeness (QED) is 0.359. The lowest BCUT2D eigenvalue weighted by Gasteiger charge is -2.11. The number of aryl methyl sites for hydroxylation is 2. The largest absolute Gasteiger partial charge is 0.357 e. The van der Waals surface area contributed by atoms with Crippen molar-refractivity contribution in [2.24, 2.45) is 4.99 Å². The molecular weight excluding hydrogens is 366 g/mol. The Kier molecular flexibility index (Phi) is 6.33. The Morgan fingerprint density at radius 2 is 2.00 bits per heavy atom. The number of nitrogens with zero attached hydrogens (tertiary/aromatic N) is 7. The van der Waals surface area contributed by atoms with Crippen LogP contribution in [-0.2, 0) is 25.9 Å². The average Bonchev–Trinajstić information content (AvgIpc) is 3.25. The molecule has 0 unspecified atom stereocenters. The Bertz CT molecular complexity index is 956. The van der Waals surface area contributed by atoms with E-state index in [1.807, 2.05) is 28.8 Å². The van der Waals surface area contributed by atoms with Gasteiger partial charge in [-0.2, -0.15) is 0 Å². The van der Waals surface area contributed by atoms with Gasteiger partial charge in [0.1, 0.15) is 18.2 Å². The molecule has 0 aromatic carbocycles. The highest BCUT2D eigenvalue weighted by molar-refractivity contribution is 5.79. The van der Waals surface area contributed by atoms with Gasteiger partial charge in [-0.25, -0.2) is 4.99 Å². The summed E-state index contributed by atoms with van der Waals surface area (Å²) in [4.78, 5) is 4.66. The molecule has 154 valence electrons. The highest BCUT2D eigenvalue weighted by Gasteiger charge is 2.14. The van der Waals surface area contributed by atoms with Crippen molar-refractivity contribution in [3.63, 3.8) is 0 Å². The first-order valence-electron chi connectivity index (χ1n) is 10.6. The summed E-state index contributed by atoms with van der Waals surface area (Å²) in [5.74, 6) is 3.88. The van der Waals surface area contributed by atoms with Gasteiger partial charge in [0.15, 0.2) is 17.4 Å². The van der Waals surface area contributed by atoms with Crippen LogP contribution in [0, 0.1) is 0 Å². The van der Waals surface area contributed by atoms with Crippen LogP contribution in [0.3, 0.4) is 0 Å². The van der Waals surface area contributed by atoms with Gasteiger partial charge >= 0.3 is 0 Å². The lowest BCUT2D eigenvalue weighted by atomic mass is 10.2. The summed E-state index contributed by atoms with van der Waals surface area (Å²) in [6.45, 7) is 5.23. The van der Waals surface area contributed by atoms with Gasteiger partial charge in [-0.3, -0.25) is 4.40 Å². The van der Waals surface area contributed by atoms with E-state index in [9.17, 15) is 0 Å². The number of aliphatic imine (C=N–C) groups is 1. The van der Waals surface area contributed by atoms with E-state index in [-0.39, 0.29) is 0 Å². The molecule has 4 rings (SSSR count). The molecule has 1 aliphatic rings. The van der Waals surface area contributed by atoms with Gasteiger partial charge in [-0.05, 0) is 38.3 Å². The van der Waals surface area contributed by atoms with Crippen LogP contribution >= 0.6 is 0 Å². The van der Waals surface area contributed by atoms with Crippen molar-refractivity contribution in [1.29, 1.82) is 0 Å². The molecule has 9 heteroatoms. The summed E-state index contributed by atoms with van der Waals surface area (Å²) < 4.78 is 4.28. The van der Waals surface area contributed by atoms with Gasteiger partial charge in [0.25, 0.3) is 0 Å². The maximum Gasteiger partial charge on any atom is 0.191 e. The molecule has 2 N–H and O–H groups in total. The summed E-state index contributed by atoms with van der Waals surface area (Å²) in [6.07, 6.45) is 8.66. The van der Waals surface area contributed by atoms with Crippen LogP contribution in [-0.4, -0.2) is 48.4 Å². The Morgan fingerprint density at radius 1 is 1.07 bits per heavy atom. The third kappa shape index (κ3) is 4.72. The molecular formula is C20H29N9.